The Kier molecular flexibility index (Phi) is 5.41. The van der Waals surface area contributed by atoms with Crippen molar-refractivity contribution in [3.05, 3.63) is 29.8 Å². The van der Waals surface area contributed by atoms with Gasteiger partial charge in [0.15, 0.2) is 0 Å². The van der Waals surface area contributed by atoms with Crippen LogP contribution in [0.3, 0.4) is 0 Å². The number of hydrogen-bond donors (Lipinski definition) is 2. The molecular weight excluding hydrogens is 250 g/mol. The first-order valence-corrected chi connectivity index (χ1v) is 7.47. The van der Waals surface area contributed by atoms with Crippen LogP contribution in [0.1, 0.15) is 25.3 Å². The summed E-state index contributed by atoms with van der Waals surface area (Å²) in [6, 6.07) is 7.50. The predicted molar refractivity (Wildman–Crippen MR) is 82.4 cm³/mol. The fourth-order valence-electron chi connectivity index (χ4n) is 2.59. The number of hydrogen-bond acceptors (Lipinski definition) is 3. The molecule has 110 valence electrons. The Bertz CT molecular complexity index is 439. The molecule has 3 N–H and O–H groups in total. The summed E-state index contributed by atoms with van der Waals surface area (Å²) in [4.78, 5) is 14.3. The van der Waals surface area contributed by atoms with Crippen molar-refractivity contribution in [3.8, 4) is 0 Å². The molecule has 1 saturated heterocycles. The second kappa shape index (κ2) is 7.29. The van der Waals surface area contributed by atoms with Crippen LogP contribution in [0.4, 0.5) is 5.69 Å². The number of carbonyl (C=O) groups is 1. The van der Waals surface area contributed by atoms with Crippen LogP contribution in [0.5, 0.6) is 0 Å². The Hall–Kier alpha value is -1.55. The number of benzene rings is 1. The van der Waals surface area contributed by atoms with Gasteiger partial charge in [0.25, 0.3) is 0 Å². The Morgan fingerprint density at radius 1 is 1.40 bits per heavy atom. The Morgan fingerprint density at radius 3 is 2.85 bits per heavy atom. The van der Waals surface area contributed by atoms with E-state index >= 15 is 0 Å². The maximum absolute atomic E-state index is 11.8. The van der Waals surface area contributed by atoms with Crippen LogP contribution in [-0.4, -0.2) is 37.0 Å². The zero-order valence-corrected chi connectivity index (χ0v) is 12.3. The van der Waals surface area contributed by atoms with Gasteiger partial charge in [-0.3, -0.25) is 4.79 Å². The van der Waals surface area contributed by atoms with Gasteiger partial charge < -0.3 is 16.0 Å². The number of nitrogen functional groups attached to an aromatic ring is 1. The van der Waals surface area contributed by atoms with E-state index in [4.69, 9.17) is 5.73 Å². The average Bonchev–Trinajstić information content (AvgIpc) is 2.41. The molecule has 1 aliphatic heterocycles. The number of nitrogens with zero attached hydrogens (tertiary/aromatic N) is 1. The quantitative estimate of drug-likeness (QED) is 0.804. The molecule has 0 spiro atoms. The number of amides is 1. The van der Waals surface area contributed by atoms with E-state index in [1.165, 1.54) is 12.8 Å². The van der Waals surface area contributed by atoms with Crippen LogP contribution in [0, 0.1) is 5.92 Å². The summed E-state index contributed by atoms with van der Waals surface area (Å²) in [5, 5.41) is 2.99. The summed E-state index contributed by atoms with van der Waals surface area (Å²) in [6.07, 6.45) is 2.95. The van der Waals surface area contributed by atoms with Gasteiger partial charge in [-0.15, -0.1) is 0 Å². The molecule has 1 aromatic rings. The number of likely N-dealkylation sites (tertiary alicyclic amines) is 1. The van der Waals surface area contributed by atoms with Gasteiger partial charge >= 0.3 is 0 Å². The molecule has 4 nitrogen and oxygen atoms in total. The van der Waals surface area contributed by atoms with Crippen molar-refractivity contribution in [3.63, 3.8) is 0 Å². The maximum Gasteiger partial charge on any atom is 0.224 e. The molecule has 0 unspecified atom stereocenters. The molecule has 20 heavy (non-hydrogen) atoms. The van der Waals surface area contributed by atoms with Gasteiger partial charge in [0, 0.05) is 18.8 Å². The number of rotatable bonds is 5. The van der Waals surface area contributed by atoms with Gasteiger partial charge in [-0.25, -0.2) is 0 Å². The Balaban J connectivity index is 1.65. The minimum absolute atomic E-state index is 0.0703. The second-order valence-electron chi connectivity index (χ2n) is 5.80. The molecule has 1 amide bonds. The Morgan fingerprint density at radius 2 is 2.15 bits per heavy atom. The second-order valence-corrected chi connectivity index (χ2v) is 5.80. The summed E-state index contributed by atoms with van der Waals surface area (Å²) < 4.78 is 0. The van der Waals surface area contributed by atoms with E-state index < -0.39 is 0 Å². The standard InChI is InChI=1S/C16H25N3O/c1-13-5-8-19(9-6-13)10-7-18-16(20)12-14-3-2-4-15(17)11-14/h2-4,11,13H,5-10,12,17H2,1H3,(H,18,20). The normalized spacial score (nSPS) is 17.1. The third kappa shape index (κ3) is 4.85. The molecule has 1 aliphatic rings. The van der Waals surface area contributed by atoms with Crippen molar-refractivity contribution in [2.24, 2.45) is 5.92 Å². The molecular formula is C16H25N3O. The zero-order valence-electron chi connectivity index (χ0n) is 12.3. The lowest BCUT2D eigenvalue weighted by Gasteiger charge is -2.30. The Labute approximate surface area is 121 Å². The number of piperidine rings is 1. The minimum atomic E-state index is 0.0703. The monoisotopic (exact) mass is 275 g/mol. The molecule has 0 radical (unpaired) electrons. The highest BCUT2D eigenvalue weighted by atomic mass is 16.1. The van der Waals surface area contributed by atoms with E-state index in [1.807, 2.05) is 24.3 Å². The maximum atomic E-state index is 11.8. The average molecular weight is 275 g/mol. The third-order valence-electron chi connectivity index (χ3n) is 3.94. The molecule has 0 bridgehead atoms. The minimum Gasteiger partial charge on any atom is -0.399 e. The van der Waals surface area contributed by atoms with Crippen LogP contribution in [0.2, 0.25) is 0 Å². The zero-order chi connectivity index (χ0) is 14.4. The summed E-state index contributed by atoms with van der Waals surface area (Å²) in [5.41, 5.74) is 7.38. The van der Waals surface area contributed by atoms with E-state index in [0.717, 1.165) is 37.7 Å². The van der Waals surface area contributed by atoms with Gasteiger partial charge in [0.2, 0.25) is 5.91 Å². The first kappa shape index (κ1) is 14.9. The van der Waals surface area contributed by atoms with Crippen molar-refractivity contribution >= 4 is 11.6 Å². The van der Waals surface area contributed by atoms with Gasteiger partial charge in [-0.1, -0.05) is 19.1 Å². The smallest absolute Gasteiger partial charge is 0.224 e. The van der Waals surface area contributed by atoms with Crippen molar-refractivity contribution in [1.29, 1.82) is 0 Å². The van der Waals surface area contributed by atoms with E-state index in [0.29, 0.717) is 12.1 Å². The molecule has 1 heterocycles. The predicted octanol–water partition coefficient (Wildman–Crippen LogP) is 1.66. The largest absolute Gasteiger partial charge is 0.399 e. The fourth-order valence-corrected chi connectivity index (χ4v) is 2.59. The van der Waals surface area contributed by atoms with Crippen molar-refractivity contribution < 1.29 is 4.79 Å². The highest BCUT2D eigenvalue weighted by Gasteiger charge is 2.15. The summed E-state index contributed by atoms with van der Waals surface area (Å²) in [5.74, 6) is 0.922. The van der Waals surface area contributed by atoms with Crippen molar-refractivity contribution in [2.45, 2.75) is 26.2 Å². The molecule has 0 aromatic heterocycles. The summed E-state index contributed by atoms with van der Waals surface area (Å²) in [7, 11) is 0. The van der Waals surface area contributed by atoms with Crippen molar-refractivity contribution in [1.82, 2.24) is 10.2 Å². The van der Waals surface area contributed by atoms with E-state index in [1.54, 1.807) is 0 Å². The molecule has 0 atom stereocenters. The molecule has 0 aliphatic carbocycles. The third-order valence-corrected chi connectivity index (χ3v) is 3.94. The lowest BCUT2D eigenvalue weighted by molar-refractivity contribution is -0.120. The fraction of sp³-hybridized carbons (Fsp3) is 0.562. The van der Waals surface area contributed by atoms with Gasteiger partial charge in [0.05, 0.1) is 6.42 Å². The highest BCUT2D eigenvalue weighted by Crippen LogP contribution is 2.15. The first-order valence-electron chi connectivity index (χ1n) is 7.47. The highest BCUT2D eigenvalue weighted by molar-refractivity contribution is 5.78. The van der Waals surface area contributed by atoms with Crippen LogP contribution in [-0.2, 0) is 11.2 Å². The number of anilines is 1. The lowest BCUT2D eigenvalue weighted by Crippen LogP contribution is -2.39. The summed E-state index contributed by atoms with van der Waals surface area (Å²) in [6.45, 7) is 6.31. The van der Waals surface area contributed by atoms with E-state index in [9.17, 15) is 4.79 Å². The SMILES string of the molecule is CC1CCN(CCNC(=O)Cc2cccc(N)c2)CC1. The number of nitrogens with one attached hydrogen (secondary N) is 1. The van der Waals surface area contributed by atoms with Crippen molar-refractivity contribution in [2.75, 3.05) is 31.9 Å². The molecule has 1 fully saturated rings. The first-order chi connectivity index (χ1) is 9.63. The van der Waals surface area contributed by atoms with Gasteiger partial charge in [-0.05, 0) is 49.5 Å². The molecule has 1 aromatic carbocycles. The molecule has 4 heteroatoms. The number of carbonyl (C=O) groups excluding carboxylic acids is 1. The molecule has 0 saturated carbocycles. The van der Waals surface area contributed by atoms with Crippen LogP contribution < -0.4 is 11.1 Å². The van der Waals surface area contributed by atoms with Gasteiger partial charge in [-0.2, -0.15) is 0 Å². The van der Waals surface area contributed by atoms with E-state index in [-0.39, 0.29) is 5.91 Å². The summed E-state index contributed by atoms with van der Waals surface area (Å²) >= 11 is 0. The number of nitrogens with two attached hydrogens (primary N) is 1. The van der Waals surface area contributed by atoms with Crippen LogP contribution in [0.15, 0.2) is 24.3 Å². The van der Waals surface area contributed by atoms with Gasteiger partial charge in [0.1, 0.15) is 0 Å². The lowest BCUT2D eigenvalue weighted by atomic mass is 9.99. The van der Waals surface area contributed by atoms with Crippen LogP contribution in [0.25, 0.3) is 0 Å². The van der Waals surface area contributed by atoms with Crippen LogP contribution >= 0.6 is 0 Å². The molecule has 2 rings (SSSR count). The van der Waals surface area contributed by atoms with E-state index in [2.05, 4.69) is 17.1 Å². The topological polar surface area (TPSA) is 58.4 Å².